The highest BCUT2D eigenvalue weighted by Gasteiger charge is 2.65. The maximum atomic E-state index is 13.9. The number of benzene rings is 2. The lowest BCUT2D eigenvalue weighted by Crippen LogP contribution is -2.73. The molecule has 0 radical (unpaired) electrons. The number of aromatic carboxylic acids is 1. The van der Waals surface area contributed by atoms with Crippen LogP contribution in [0.2, 0.25) is 0 Å². The number of ether oxygens (including phenoxy) is 2. The number of nitrogens with two attached hydrogens (primary N) is 3. The van der Waals surface area contributed by atoms with Crippen LogP contribution in [-0.2, 0) is 73.7 Å². The van der Waals surface area contributed by atoms with Crippen molar-refractivity contribution in [2.45, 2.75) is 161 Å². The van der Waals surface area contributed by atoms with Crippen molar-refractivity contribution in [1.82, 2.24) is 35.6 Å². The van der Waals surface area contributed by atoms with Gasteiger partial charge in [0.05, 0.1) is 18.9 Å². The number of allylic oxidation sites excluding steroid dienone is 1. The van der Waals surface area contributed by atoms with Crippen LogP contribution in [0.5, 0.6) is 0 Å². The third-order valence-electron chi connectivity index (χ3n) is 18.1. The lowest BCUT2D eigenvalue weighted by Gasteiger charge is -2.62. The third kappa shape index (κ3) is 20.1. The Morgan fingerprint density at radius 2 is 1.61 bits per heavy atom. The van der Waals surface area contributed by atoms with Crippen LogP contribution in [-0.4, -0.2) is 191 Å². The number of unbranched alkanes of at least 4 members (excludes halogenated alkanes) is 2. The number of anilines is 2. The van der Waals surface area contributed by atoms with Gasteiger partial charge in [-0.15, -0.1) is 0 Å². The minimum Gasteiger partial charge on any atom is -0.481 e. The van der Waals surface area contributed by atoms with E-state index in [1.807, 2.05) is 11.0 Å². The van der Waals surface area contributed by atoms with Crippen molar-refractivity contribution >= 4 is 93.3 Å². The Balaban J connectivity index is 0.920. The van der Waals surface area contributed by atoms with Gasteiger partial charge in [-0.2, -0.15) is 0 Å². The third-order valence-corrected chi connectivity index (χ3v) is 18.6. The highest BCUT2D eigenvalue weighted by Crippen LogP contribution is 2.56. The lowest BCUT2D eigenvalue weighted by molar-refractivity contribution is -0.272. The molecule has 7 atom stereocenters. The van der Waals surface area contributed by atoms with Crippen LogP contribution < -0.4 is 43.4 Å². The number of primary amides is 1. The number of fused-ring (bicyclic) bond motifs is 2. The van der Waals surface area contributed by atoms with E-state index >= 15 is 0 Å². The van der Waals surface area contributed by atoms with E-state index in [1.54, 1.807) is 69.3 Å². The van der Waals surface area contributed by atoms with Crippen LogP contribution in [0.3, 0.4) is 0 Å². The molecule has 2 saturated heterocycles. The molecule has 5 unspecified atom stereocenters. The molecule has 98 heavy (non-hydrogen) atoms. The summed E-state index contributed by atoms with van der Waals surface area (Å²) in [4.78, 5) is 145. The molecular formula is C68H93N13O16S. The van der Waals surface area contributed by atoms with Crippen molar-refractivity contribution in [3.8, 4) is 0 Å². The molecule has 0 spiro atoms. The van der Waals surface area contributed by atoms with Gasteiger partial charge in [0.2, 0.25) is 29.5 Å². The minimum atomic E-state index is -2.24. The molecule has 0 aliphatic carbocycles. The largest absolute Gasteiger partial charge is 0.481 e. The molecule has 5 heterocycles. The monoisotopic (exact) mass is 1380 g/mol. The fourth-order valence-corrected chi connectivity index (χ4v) is 13.6. The van der Waals surface area contributed by atoms with Crippen LogP contribution >= 0.6 is 0 Å². The maximum Gasteiger partial charge on any atom is 0.410 e. The van der Waals surface area contributed by atoms with E-state index in [1.165, 1.54) is 23.3 Å². The maximum absolute atomic E-state index is 13.9. The fourth-order valence-electron chi connectivity index (χ4n) is 13.2. The molecule has 4 aliphatic heterocycles. The molecule has 7 rings (SSSR count). The number of carboxylic acid groups (broad SMARTS) is 2. The Bertz CT molecular complexity index is 3530. The number of carbonyl (C=O) groups excluding carboxylic acids is 8. The first-order chi connectivity index (χ1) is 46.7. The number of hydrogen-bond acceptors (Lipinski definition) is 19. The Morgan fingerprint density at radius 3 is 2.27 bits per heavy atom. The van der Waals surface area contributed by atoms with Crippen LogP contribution in [0, 0.1) is 11.8 Å². The molecule has 29 nitrogen and oxygen atoms in total. The van der Waals surface area contributed by atoms with Gasteiger partial charge in [0.1, 0.15) is 36.3 Å². The van der Waals surface area contributed by atoms with Crippen LogP contribution in [0.25, 0.3) is 5.57 Å². The average Bonchev–Trinajstić information content (AvgIpc) is 1.45. The minimum absolute atomic E-state index is 0.0258. The van der Waals surface area contributed by atoms with Gasteiger partial charge in [0, 0.05) is 111 Å². The summed E-state index contributed by atoms with van der Waals surface area (Å²) >= 11 is -2.24. The van der Waals surface area contributed by atoms with Gasteiger partial charge in [-0.1, -0.05) is 64.8 Å². The summed E-state index contributed by atoms with van der Waals surface area (Å²) < 4.78 is 34.2. The summed E-state index contributed by atoms with van der Waals surface area (Å²) in [6, 6.07) is 11.5. The molecule has 13 N–H and O–H groups in total. The number of imide groups is 1. The topological polar surface area (TPSA) is 431 Å². The number of aliphatic carboxylic acids is 1. The first-order valence-corrected chi connectivity index (χ1v) is 34.5. The van der Waals surface area contributed by atoms with Crippen molar-refractivity contribution in [2.24, 2.45) is 34.0 Å². The van der Waals surface area contributed by atoms with Crippen molar-refractivity contribution in [1.29, 1.82) is 0 Å². The standard InChI is InChI=1S/C68H93N13O16S/c1-6-27-68(40-67(35-43(4)37-81(67)68)41-72-44(5)50(36-70)48-20-22-54(76-60(48)65(91)92)79-30-26-46-12-10-13-49(61(71)87)51(46)38-79)97-33-31-78(32-34-98(94)95)66(93)96-39-45-16-18-47(19-17-45)73-62(88)52(14-11-28-69)75-64(90)59(42(2)3)77-63(89)53(21-25-58(85)86)74-55(82)15-8-7-9-29-80-56(83)23-24-57(80)84/h10,12-13,16-20,22-24,36,42-43,52-53,59H,6-9,11,14-15,21,25-35,37-41,69-70H2,1-5H3,(H2,71,87)(H,73,88)(H,74,82)(H,75,90)(H,77,89)(H,85,86)(H,91,92)(H,94,95)/t43?,52?,53-,59-,67?,68?/m0/s1. The van der Waals surface area contributed by atoms with Crippen LogP contribution in [0.1, 0.15) is 155 Å². The molecule has 30 heteroatoms. The zero-order valence-electron chi connectivity index (χ0n) is 56.3. The second-order valence-corrected chi connectivity index (χ2v) is 26.7. The van der Waals surface area contributed by atoms with Crippen molar-refractivity contribution in [3.05, 3.63) is 106 Å². The predicted octanol–water partition coefficient (Wildman–Crippen LogP) is 4.20. The van der Waals surface area contributed by atoms with Gasteiger partial charge >= 0.3 is 18.0 Å². The molecule has 3 aromatic rings. The number of aromatic nitrogens is 1. The number of amides is 8. The first kappa shape index (κ1) is 76.4. The first-order valence-electron chi connectivity index (χ1n) is 33.2. The number of aliphatic imine (C=N–C) groups is 1. The lowest BCUT2D eigenvalue weighted by atomic mass is 9.73. The van der Waals surface area contributed by atoms with E-state index in [0.29, 0.717) is 111 Å². The SMILES string of the molecule is CCCC1(OCCN(CCS(=O)O)C(=O)OCc2ccc(NC(=O)C(CCCN)NC(=O)[C@@H](NC(=O)[C@H](CCC(=O)O)NC(=O)CCCCCN3C(=O)C=CC3=O)C(C)C)cc2)CC2(CN=C(C)C(=CN)c3ccc(N4CCc5cccc(C(N)=O)c5C4)nc3C(=O)O)CC(C)CN21. The molecule has 2 aromatic carbocycles. The van der Waals surface area contributed by atoms with Crippen molar-refractivity contribution in [3.63, 3.8) is 0 Å². The second kappa shape index (κ2) is 35.5. The van der Waals surface area contributed by atoms with Gasteiger partial charge in [-0.25, -0.2) is 18.8 Å². The number of rotatable bonds is 38. The van der Waals surface area contributed by atoms with Crippen molar-refractivity contribution in [2.75, 3.05) is 68.4 Å². The highest BCUT2D eigenvalue weighted by atomic mass is 32.2. The van der Waals surface area contributed by atoms with E-state index in [2.05, 4.69) is 45.0 Å². The van der Waals surface area contributed by atoms with Gasteiger partial charge in [-0.05, 0) is 124 Å². The van der Waals surface area contributed by atoms with Gasteiger partial charge in [-0.3, -0.25) is 53.1 Å². The molecule has 8 amide bonds. The molecule has 4 aliphatic rings. The van der Waals surface area contributed by atoms with Gasteiger partial charge < -0.3 is 72.5 Å². The predicted molar refractivity (Wildman–Crippen MR) is 365 cm³/mol. The van der Waals surface area contributed by atoms with E-state index < -0.39 is 112 Å². The molecule has 0 bridgehead atoms. The Hall–Kier alpha value is -8.97. The Kier molecular flexibility index (Phi) is 27.7. The van der Waals surface area contributed by atoms with Gasteiger partial charge in [0.25, 0.3) is 11.8 Å². The zero-order valence-corrected chi connectivity index (χ0v) is 57.1. The summed E-state index contributed by atoms with van der Waals surface area (Å²) in [5, 5.41) is 30.6. The summed E-state index contributed by atoms with van der Waals surface area (Å²) in [6.07, 6.45) is 7.34. The number of nitrogens with zero attached hydrogens (tertiary/aromatic N) is 6. The van der Waals surface area contributed by atoms with Crippen molar-refractivity contribution < 1.29 is 76.4 Å². The van der Waals surface area contributed by atoms with Crippen LogP contribution in [0.4, 0.5) is 16.3 Å². The summed E-state index contributed by atoms with van der Waals surface area (Å²) in [5.74, 6) is -6.60. The second-order valence-electron chi connectivity index (χ2n) is 25.7. The Labute approximate surface area is 572 Å². The van der Waals surface area contributed by atoms with E-state index in [0.717, 1.165) is 28.9 Å². The summed E-state index contributed by atoms with van der Waals surface area (Å²) in [6.45, 7) is 11.4. The fraction of sp³-hybridized carbons (Fsp3) is 0.529. The molecule has 532 valence electrons. The average molecular weight is 1380 g/mol. The highest BCUT2D eigenvalue weighted by molar-refractivity contribution is 7.79. The summed E-state index contributed by atoms with van der Waals surface area (Å²) in [5.41, 5.74) is 20.7. The normalized spacial score (nSPS) is 19.6. The molecular weight excluding hydrogens is 1290 g/mol. The number of nitrogens with one attached hydrogen (secondary N) is 4. The smallest absolute Gasteiger partial charge is 0.410 e. The van der Waals surface area contributed by atoms with E-state index in [4.69, 9.17) is 31.7 Å². The zero-order chi connectivity index (χ0) is 71.4. The number of carboxylic acids is 2. The number of hydrogen-bond donors (Lipinski definition) is 10. The van der Waals surface area contributed by atoms with Crippen LogP contribution in [0.15, 0.2) is 77.9 Å². The quantitative estimate of drug-likeness (QED) is 0.0166. The van der Waals surface area contributed by atoms with Gasteiger partial charge in [0.15, 0.2) is 16.8 Å². The van der Waals surface area contributed by atoms with E-state index in [9.17, 15) is 66.9 Å². The summed E-state index contributed by atoms with van der Waals surface area (Å²) in [7, 11) is 0. The number of pyridine rings is 1. The van der Waals surface area contributed by atoms with E-state index in [-0.39, 0.29) is 76.0 Å². The Morgan fingerprint density at radius 1 is 0.888 bits per heavy atom. The number of carbonyl (C=O) groups is 10. The molecule has 0 saturated carbocycles. The molecule has 2 fully saturated rings. The molecule has 1 aromatic heterocycles.